The van der Waals surface area contributed by atoms with Crippen LogP contribution in [0, 0.1) is 0 Å². The van der Waals surface area contributed by atoms with Gasteiger partial charge in [0.2, 0.25) is 0 Å². The number of aryl methyl sites for hydroxylation is 2. The Morgan fingerprint density at radius 1 is 1.03 bits per heavy atom. The van der Waals surface area contributed by atoms with Crippen LogP contribution >= 0.6 is 15.9 Å². The molecule has 0 radical (unpaired) electrons. The molecule has 4 heteroatoms. The number of rotatable bonds is 7. The minimum atomic E-state index is -0.0388. The number of benzene rings is 3. The Labute approximate surface area is 185 Å². The number of hydrogen-bond acceptors (Lipinski definition) is 3. The fraction of sp³-hybridized carbons (Fsp3) is 0.192. The summed E-state index contributed by atoms with van der Waals surface area (Å²) < 4.78 is 12.4. The van der Waals surface area contributed by atoms with E-state index in [0.29, 0.717) is 12.2 Å². The van der Waals surface area contributed by atoms with Crippen molar-refractivity contribution in [1.29, 1.82) is 0 Å². The Hall–Kier alpha value is -2.85. The van der Waals surface area contributed by atoms with Crippen LogP contribution in [0.1, 0.15) is 39.0 Å². The van der Waals surface area contributed by atoms with Crippen molar-refractivity contribution in [3.8, 4) is 11.5 Å². The van der Waals surface area contributed by atoms with Crippen LogP contribution in [-0.4, -0.2) is 12.9 Å². The third-order valence-electron chi connectivity index (χ3n) is 5.31. The average Bonchev–Trinajstić information content (AvgIpc) is 3.24. The molecular formula is C26H23BrO3. The van der Waals surface area contributed by atoms with E-state index in [1.807, 2.05) is 48.5 Å². The van der Waals surface area contributed by atoms with Crippen molar-refractivity contribution in [2.75, 3.05) is 7.11 Å². The van der Waals surface area contributed by atoms with Gasteiger partial charge in [0.1, 0.15) is 18.1 Å². The van der Waals surface area contributed by atoms with Gasteiger partial charge in [0.25, 0.3) is 0 Å². The molecule has 0 unspecified atom stereocenters. The highest BCUT2D eigenvalue weighted by Crippen LogP contribution is 2.28. The number of carbonyl (C=O) groups is 1. The quantitative estimate of drug-likeness (QED) is 0.300. The molecule has 0 fully saturated rings. The standard InChI is InChI=1S/C26H23BrO3/c1-29-26-13-9-18(8-12-25(28)21-6-3-7-23(27)15-21)14-22(26)17-30-24-11-10-19-4-2-5-20(19)16-24/h3,6-16H,2,4-5,17H2,1H3/b12-8+. The minimum absolute atomic E-state index is 0.0388. The second-order valence-electron chi connectivity index (χ2n) is 7.35. The number of methoxy groups -OCH3 is 1. The summed E-state index contributed by atoms with van der Waals surface area (Å²) in [6, 6.07) is 19.6. The Kier molecular flexibility index (Phi) is 6.34. The fourth-order valence-corrected chi connectivity index (χ4v) is 4.12. The van der Waals surface area contributed by atoms with Gasteiger partial charge in [-0.05, 0) is 78.4 Å². The number of ether oxygens (including phenoxy) is 2. The number of hydrogen-bond donors (Lipinski definition) is 0. The van der Waals surface area contributed by atoms with E-state index >= 15 is 0 Å². The third-order valence-corrected chi connectivity index (χ3v) is 5.80. The first-order valence-electron chi connectivity index (χ1n) is 10.0. The van der Waals surface area contributed by atoms with Crippen molar-refractivity contribution in [1.82, 2.24) is 0 Å². The van der Waals surface area contributed by atoms with E-state index in [9.17, 15) is 4.79 Å². The van der Waals surface area contributed by atoms with Crippen LogP contribution in [0.15, 0.2) is 71.2 Å². The number of carbonyl (C=O) groups excluding carboxylic acids is 1. The predicted molar refractivity (Wildman–Crippen MR) is 123 cm³/mol. The van der Waals surface area contributed by atoms with Gasteiger partial charge in [0.15, 0.2) is 5.78 Å². The summed E-state index contributed by atoms with van der Waals surface area (Å²) in [6.07, 6.45) is 6.93. The summed E-state index contributed by atoms with van der Waals surface area (Å²) >= 11 is 3.40. The van der Waals surface area contributed by atoms with Gasteiger partial charge in [-0.3, -0.25) is 4.79 Å². The molecule has 0 N–H and O–H groups in total. The van der Waals surface area contributed by atoms with Crippen LogP contribution in [0.3, 0.4) is 0 Å². The van der Waals surface area contributed by atoms with Gasteiger partial charge < -0.3 is 9.47 Å². The van der Waals surface area contributed by atoms with Gasteiger partial charge in [0, 0.05) is 15.6 Å². The van der Waals surface area contributed by atoms with E-state index < -0.39 is 0 Å². The van der Waals surface area contributed by atoms with Crippen LogP contribution in [0.25, 0.3) is 6.08 Å². The molecule has 3 nitrogen and oxygen atoms in total. The molecule has 30 heavy (non-hydrogen) atoms. The van der Waals surface area contributed by atoms with Gasteiger partial charge in [-0.1, -0.05) is 46.3 Å². The molecule has 1 aliphatic carbocycles. The molecule has 0 amide bonds. The second-order valence-corrected chi connectivity index (χ2v) is 8.27. The van der Waals surface area contributed by atoms with Crippen LogP contribution in [-0.2, 0) is 19.4 Å². The molecule has 0 saturated heterocycles. The molecule has 0 aromatic heterocycles. The molecule has 0 saturated carbocycles. The Bertz CT molecular complexity index is 1100. The summed E-state index contributed by atoms with van der Waals surface area (Å²) in [5, 5.41) is 0. The first-order chi connectivity index (χ1) is 14.6. The lowest BCUT2D eigenvalue weighted by molar-refractivity contribution is 0.104. The first kappa shape index (κ1) is 20.4. The predicted octanol–water partition coefficient (Wildman–Crippen LogP) is 6.42. The summed E-state index contributed by atoms with van der Waals surface area (Å²) in [7, 11) is 1.65. The molecule has 1 aliphatic rings. The zero-order valence-electron chi connectivity index (χ0n) is 16.9. The van der Waals surface area contributed by atoms with E-state index in [-0.39, 0.29) is 5.78 Å². The molecule has 3 aromatic carbocycles. The SMILES string of the molecule is COc1ccc(/C=C/C(=O)c2cccc(Br)c2)cc1COc1ccc2c(c1)CCC2. The molecule has 0 heterocycles. The van der Waals surface area contributed by atoms with E-state index in [1.165, 1.54) is 17.5 Å². The Balaban J connectivity index is 1.48. The second kappa shape index (κ2) is 9.31. The molecular weight excluding hydrogens is 440 g/mol. The van der Waals surface area contributed by atoms with Gasteiger partial charge in [-0.25, -0.2) is 0 Å². The molecule has 0 spiro atoms. The van der Waals surface area contributed by atoms with E-state index in [1.54, 1.807) is 19.3 Å². The zero-order valence-corrected chi connectivity index (χ0v) is 18.4. The highest BCUT2D eigenvalue weighted by Gasteiger charge is 2.12. The zero-order chi connectivity index (χ0) is 20.9. The fourth-order valence-electron chi connectivity index (χ4n) is 3.72. The normalized spacial score (nSPS) is 12.7. The number of halogens is 1. The summed E-state index contributed by atoms with van der Waals surface area (Å²) in [6.45, 7) is 0.406. The van der Waals surface area contributed by atoms with Gasteiger partial charge >= 0.3 is 0 Å². The largest absolute Gasteiger partial charge is 0.496 e. The Morgan fingerprint density at radius 3 is 2.73 bits per heavy atom. The summed E-state index contributed by atoms with van der Waals surface area (Å²) in [4.78, 5) is 12.4. The van der Waals surface area contributed by atoms with Gasteiger partial charge in [-0.15, -0.1) is 0 Å². The molecule has 0 bridgehead atoms. The maximum atomic E-state index is 12.4. The number of allylic oxidation sites excluding steroid dienone is 1. The van der Waals surface area contributed by atoms with Crippen molar-refractivity contribution >= 4 is 27.8 Å². The smallest absolute Gasteiger partial charge is 0.185 e. The Morgan fingerprint density at radius 2 is 1.90 bits per heavy atom. The summed E-state index contributed by atoms with van der Waals surface area (Å²) in [5.74, 6) is 1.61. The van der Waals surface area contributed by atoms with Crippen molar-refractivity contribution in [3.63, 3.8) is 0 Å². The molecule has 4 rings (SSSR count). The number of ketones is 1. The van der Waals surface area contributed by atoms with Gasteiger partial charge in [-0.2, -0.15) is 0 Å². The summed E-state index contributed by atoms with van der Waals surface area (Å²) in [5.41, 5.74) is 5.33. The lowest BCUT2D eigenvalue weighted by Gasteiger charge is -2.12. The van der Waals surface area contributed by atoms with Crippen LogP contribution in [0.4, 0.5) is 0 Å². The minimum Gasteiger partial charge on any atom is -0.496 e. The maximum Gasteiger partial charge on any atom is 0.185 e. The topological polar surface area (TPSA) is 35.5 Å². The van der Waals surface area contributed by atoms with Crippen molar-refractivity contribution in [2.24, 2.45) is 0 Å². The lowest BCUT2D eigenvalue weighted by Crippen LogP contribution is -2.00. The van der Waals surface area contributed by atoms with Crippen LogP contribution in [0.2, 0.25) is 0 Å². The molecule has 0 aliphatic heterocycles. The monoisotopic (exact) mass is 462 g/mol. The maximum absolute atomic E-state index is 12.4. The van der Waals surface area contributed by atoms with Gasteiger partial charge in [0.05, 0.1) is 7.11 Å². The van der Waals surface area contributed by atoms with Crippen molar-refractivity contribution in [3.05, 3.63) is 99.0 Å². The van der Waals surface area contributed by atoms with E-state index in [0.717, 1.165) is 39.9 Å². The van der Waals surface area contributed by atoms with E-state index in [2.05, 4.69) is 28.1 Å². The average molecular weight is 463 g/mol. The third kappa shape index (κ3) is 4.82. The molecule has 3 aromatic rings. The van der Waals surface area contributed by atoms with Crippen LogP contribution in [0.5, 0.6) is 11.5 Å². The number of fused-ring (bicyclic) bond motifs is 1. The molecule has 152 valence electrons. The lowest BCUT2D eigenvalue weighted by atomic mass is 10.1. The van der Waals surface area contributed by atoms with Crippen molar-refractivity contribution in [2.45, 2.75) is 25.9 Å². The highest BCUT2D eigenvalue weighted by molar-refractivity contribution is 9.10. The van der Waals surface area contributed by atoms with Crippen molar-refractivity contribution < 1.29 is 14.3 Å². The molecule has 0 atom stereocenters. The van der Waals surface area contributed by atoms with Crippen LogP contribution < -0.4 is 9.47 Å². The first-order valence-corrected chi connectivity index (χ1v) is 10.8. The van der Waals surface area contributed by atoms with E-state index in [4.69, 9.17) is 9.47 Å². The highest BCUT2D eigenvalue weighted by atomic mass is 79.9.